The van der Waals surface area contributed by atoms with Gasteiger partial charge in [-0.15, -0.1) is 12.3 Å². The van der Waals surface area contributed by atoms with Crippen LogP contribution in [0, 0.1) is 12.3 Å². The average molecular weight is 226 g/mol. The van der Waals surface area contributed by atoms with Crippen LogP contribution in [0.1, 0.15) is 46.5 Å². The van der Waals surface area contributed by atoms with Crippen LogP contribution < -0.4 is 5.84 Å². The molecule has 0 aromatic carbocycles. The van der Waals surface area contributed by atoms with Crippen molar-refractivity contribution in [1.29, 1.82) is 0 Å². The largest absolute Gasteiger partial charge is 0.443 e. The molecule has 0 bridgehead atoms. The van der Waals surface area contributed by atoms with Gasteiger partial charge >= 0.3 is 6.09 Å². The van der Waals surface area contributed by atoms with Gasteiger partial charge in [-0.25, -0.2) is 15.6 Å². The molecule has 0 heterocycles. The minimum atomic E-state index is -0.502. The summed E-state index contributed by atoms with van der Waals surface area (Å²) in [5.41, 5.74) is -0.502. The number of hydrazine groups is 1. The van der Waals surface area contributed by atoms with Crippen LogP contribution in [-0.4, -0.2) is 23.2 Å². The lowest BCUT2D eigenvalue weighted by Crippen LogP contribution is -2.41. The van der Waals surface area contributed by atoms with E-state index in [1.54, 1.807) is 0 Å². The van der Waals surface area contributed by atoms with Gasteiger partial charge in [-0.3, -0.25) is 0 Å². The van der Waals surface area contributed by atoms with Crippen molar-refractivity contribution < 1.29 is 9.53 Å². The van der Waals surface area contributed by atoms with E-state index in [2.05, 4.69) is 5.92 Å². The van der Waals surface area contributed by atoms with Gasteiger partial charge in [0, 0.05) is 13.0 Å². The van der Waals surface area contributed by atoms with E-state index >= 15 is 0 Å². The Labute approximate surface area is 98.1 Å². The van der Waals surface area contributed by atoms with Gasteiger partial charge in [0.1, 0.15) is 5.60 Å². The third-order valence-corrected chi connectivity index (χ3v) is 1.85. The number of nitrogens with zero attached hydrogens (tertiary/aromatic N) is 1. The number of unbranched alkanes of at least 4 members (excludes halogenated alkanes) is 3. The quantitative estimate of drug-likeness (QED) is 0.257. The summed E-state index contributed by atoms with van der Waals surface area (Å²) < 4.78 is 5.11. The Morgan fingerprint density at radius 3 is 2.50 bits per heavy atom. The molecular formula is C12H22N2O2. The van der Waals surface area contributed by atoms with Crippen LogP contribution in [-0.2, 0) is 4.74 Å². The highest BCUT2D eigenvalue weighted by molar-refractivity contribution is 5.67. The molecule has 2 N–H and O–H groups in total. The number of ether oxygens (including phenoxy) is 1. The highest BCUT2D eigenvalue weighted by Gasteiger charge is 2.19. The third-order valence-electron chi connectivity index (χ3n) is 1.85. The minimum absolute atomic E-state index is 0.482. The van der Waals surface area contributed by atoms with E-state index in [-0.39, 0.29) is 0 Å². The number of carbonyl (C=O) groups is 1. The van der Waals surface area contributed by atoms with Crippen molar-refractivity contribution in [3.63, 3.8) is 0 Å². The Hall–Kier alpha value is -1.21. The number of hydrogen-bond donors (Lipinski definition) is 1. The molecule has 0 atom stereocenters. The van der Waals surface area contributed by atoms with Gasteiger partial charge in [-0.2, -0.15) is 0 Å². The van der Waals surface area contributed by atoms with Gasteiger partial charge in [0.05, 0.1) is 0 Å². The molecule has 92 valence electrons. The van der Waals surface area contributed by atoms with E-state index in [9.17, 15) is 4.79 Å². The zero-order chi connectivity index (χ0) is 12.6. The lowest BCUT2D eigenvalue weighted by molar-refractivity contribution is 0.0245. The van der Waals surface area contributed by atoms with Gasteiger partial charge in [0.2, 0.25) is 0 Å². The summed E-state index contributed by atoms with van der Waals surface area (Å²) in [4.78, 5) is 11.4. The Morgan fingerprint density at radius 1 is 1.38 bits per heavy atom. The maximum atomic E-state index is 11.4. The lowest BCUT2D eigenvalue weighted by atomic mass is 10.2. The monoisotopic (exact) mass is 226 g/mol. The van der Waals surface area contributed by atoms with Crippen molar-refractivity contribution in [1.82, 2.24) is 5.01 Å². The summed E-state index contributed by atoms with van der Waals surface area (Å²) in [7, 11) is 0. The highest BCUT2D eigenvalue weighted by atomic mass is 16.6. The predicted molar refractivity (Wildman–Crippen MR) is 64.4 cm³/mol. The van der Waals surface area contributed by atoms with Crippen molar-refractivity contribution in [2.24, 2.45) is 5.84 Å². The molecule has 0 saturated heterocycles. The molecule has 4 nitrogen and oxygen atoms in total. The fraction of sp³-hybridized carbons (Fsp3) is 0.750. The Morgan fingerprint density at radius 2 is 2.00 bits per heavy atom. The zero-order valence-corrected chi connectivity index (χ0v) is 10.5. The second kappa shape index (κ2) is 7.13. The van der Waals surface area contributed by atoms with Crippen LogP contribution in [0.3, 0.4) is 0 Å². The van der Waals surface area contributed by atoms with Crippen molar-refractivity contribution in [3.05, 3.63) is 0 Å². The number of terminal acetylenes is 1. The molecule has 0 radical (unpaired) electrons. The van der Waals surface area contributed by atoms with Crippen LogP contribution in [0.15, 0.2) is 0 Å². The van der Waals surface area contributed by atoms with Gasteiger partial charge in [0.25, 0.3) is 0 Å². The van der Waals surface area contributed by atoms with Crippen LogP contribution in [0.4, 0.5) is 4.79 Å². The topological polar surface area (TPSA) is 55.6 Å². The second-order valence-electron chi connectivity index (χ2n) is 4.69. The summed E-state index contributed by atoms with van der Waals surface area (Å²) in [5, 5.41) is 1.11. The number of carbonyl (C=O) groups excluding carboxylic acids is 1. The lowest BCUT2D eigenvalue weighted by Gasteiger charge is -2.24. The summed E-state index contributed by atoms with van der Waals surface area (Å²) in [6.45, 7) is 5.93. The Bertz CT molecular complexity index is 251. The minimum Gasteiger partial charge on any atom is -0.443 e. The van der Waals surface area contributed by atoms with Gasteiger partial charge in [-0.05, 0) is 33.6 Å². The first kappa shape index (κ1) is 14.8. The van der Waals surface area contributed by atoms with E-state index < -0.39 is 11.7 Å². The number of hydrogen-bond acceptors (Lipinski definition) is 3. The molecule has 0 aliphatic rings. The van der Waals surface area contributed by atoms with Crippen LogP contribution in [0.2, 0.25) is 0 Å². The molecule has 0 saturated carbocycles. The summed E-state index contributed by atoms with van der Waals surface area (Å²) in [5.74, 6) is 8.13. The predicted octanol–water partition coefficient (Wildman–Crippen LogP) is 2.29. The van der Waals surface area contributed by atoms with Gasteiger partial charge < -0.3 is 4.74 Å². The zero-order valence-electron chi connectivity index (χ0n) is 10.5. The van der Waals surface area contributed by atoms with Crippen molar-refractivity contribution >= 4 is 6.09 Å². The molecule has 0 unspecified atom stereocenters. The molecule has 0 fully saturated rings. The van der Waals surface area contributed by atoms with E-state index in [0.29, 0.717) is 6.54 Å². The SMILES string of the molecule is C#CCCCCCN(N)C(=O)OC(C)(C)C. The summed E-state index contributed by atoms with van der Waals surface area (Å²) in [6, 6.07) is 0. The smallest absolute Gasteiger partial charge is 0.424 e. The van der Waals surface area contributed by atoms with Crippen molar-refractivity contribution in [3.8, 4) is 12.3 Å². The Balaban J connectivity index is 3.68. The van der Waals surface area contributed by atoms with Gasteiger partial charge in [-0.1, -0.05) is 6.42 Å². The first-order valence-corrected chi connectivity index (χ1v) is 5.55. The summed E-state index contributed by atoms with van der Waals surface area (Å²) >= 11 is 0. The summed E-state index contributed by atoms with van der Waals surface area (Å²) in [6.07, 6.45) is 8.21. The molecule has 0 spiro atoms. The molecule has 4 heteroatoms. The van der Waals surface area contributed by atoms with E-state index in [1.807, 2.05) is 20.8 Å². The standard InChI is InChI=1S/C12H22N2O2/c1-5-6-7-8-9-10-14(13)11(15)16-12(2,3)4/h1H,6-10,13H2,2-4H3. The average Bonchev–Trinajstić information content (AvgIpc) is 2.14. The van der Waals surface area contributed by atoms with Crippen LogP contribution in [0.25, 0.3) is 0 Å². The third kappa shape index (κ3) is 8.13. The van der Waals surface area contributed by atoms with E-state index in [0.717, 1.165) is 30.7 Å². The molecular weight excluding hydrogens is 204 g/mol. The van der Waals surface area contributed by atoms with Gasteiger partial charge in [0.15, 0.2) is 0 Å². The Kier molecular flexibility index (Phi) is 6.59. The second-order valence-corrected chi connectivity index (χ2v) is 4.69. The van der Waals surface area contributed by atoms with E-state index in [4.69, 9.17) is 17.0 Å². The maximum absolute atomic E-state index is 11.4. The fourth-order valence-corrected chi connectivity index (χ4v) is 1.10. The normalized spacial score (nSPS) is 10.7. The van der Waals surface area contributed by atoms with Crippen molar-refractivity contribution in [2.45, 2.75) is 52.1 Å². The number of rotatable bonds is 5. The highest BCUT2D eigenvalue weighted by Crippen LogP contribution is 2.09. The molecule has 1 amide bonds. The maximum Gasteiger partial charge on any atom is 0.424 e. The fourth-order valence-electron chi connectivity index (χ4n) is 1.10. The first-order chi connectivity index (χ1) is 7.37. The van der Waals surface area contributed by atoms with E-state index in [1.165, 1.54) is 0 Å². The van der Waals surface area contributed by atoms with Crippen molar-refractivity contribution in [2.75, 3.05) is 6.54 Å². The first-order valence-electron chi connectivity index (χ1n) is 5.55. The molecule has 16 heavy (non-hydrogen) atoms. The number of nitrogens with two attached hydrogens (primary N) is 1. The van der Waals surface area contributed by atoms with Crippen LogP contribution in [0.5, 0.6) is 0 Å². The molecule has 0 aliphatic heterocycles. The molecule has 0 rings (SSSR count). The number of amides is 1. The molecule has 0 aromatic rings. The molecule has 0 aliphatic carbocycles. The molecule has 0 aromatic heterocycles. The van der Waals surface area contributed by atoms with Crippen LogP contribution >= 0.6 is 0 Å².